The molecule has 8 rings (SSSR count). The lowest BCUT2D eigenvalue weighted by Crippen LogP contribution is -2.70. The second-order valence-electron chi connectivity index (χ2n) is 22.6. The molecule has 2 aromatic rings. The van der Waals surface area contributed by atoms with Crippen molar-refractivity contribution >= 4 is 47.4 Å². The molecule has 37 heteroatoms. The van der Waals surface area contributed by atoms with Gasteiger partial charge in [0.15, 0.2) is 24.4 Å². The lowest BCUT2D eigenvalue weighted by molar-refractivity contribution is -0.352. The minimum Gasteiger partial charge on any atom is -0.462 e. The van der Waals surface area contributed by atoms with Crippen LogP contribution >= 0.6 is 0 Å². The Balaban J connectivity index is 1.11. The van der Waals surface area contributed by atoms with Crippen molar-refractivity contribution in [3.05, 3.63) is 65.7 Å². The minimum absolute atomic E-state index is 0.0746. The number of aliphatic imine (C=N–C) groups is 2. The van der Waals surface area contributed by atoms with E-state index in [1.165, 1.54) is 24.3 Å². The number of nitrogens with zero attached hydrogens (tertiary/aromatic N) is 3. The van der Waals surface area contributed by atoms with Crippen molar-refractivity contribution in [1.29, 1.82) is 0 Å². The number of guanidine groups is 2. The van der Waals surface area contributed by atoms with Crippen molar-refractivity contribution in [2.24, 2.45) is 21.5 Å². The van der Waals surface area contributed by atoms with E-state index in [2.05, 4.69) is 47.2 Å². The van der Waals surface area contributed by atoms with Crippen LogP contribution in [-0.2, 0) is 54.1 Å². The topological polar surface area (TPSA) is 596 Å². The average molecular weight is 1300 g/mol. The summed E-state index contributed by atoms with van der Waals surface area (Å²) < 4.78 is 28.3. The Morgan fingerprint density at radius 1 is 0.571 bits per heavy atom. The molecule has 6 aliphatic rings. The summed E-state index contributed by atoms with van der Waals surface area (Å²) in [5, 5.41) is 167. The molecule has 6 heterocycles. The van der Waals surface area contributed by atoms with E-state index in [4.69, 9.17) is 35.2 Å². The van der Waals surface area contributed by atoms with E-state index >= 15 is 9.59 Å². The third-order valence-corrected chi connectivity index (χ3v) is 16.5. The molecule has 2 aromatic carbocycles. The summed E-state index contributed by atoms with van der Waals surface area (Å²) in [6.45, 7) is -3.97. The molecular weight excluding hydrogens is 1220 g/mol. The normalized spacial score (nSPS) is 37.5. The van der Waals surface area contributed by atoms with Crippen molar-refractivity contribution in [2.45, 2.75) is 166 Å². The van der Waals surface area contributed by atoms with Gasteiger partial charge in [-0.1, -0.05) is 49.4 Å². The second-order valence-corrected chi connectivity index (χ2v) is 22.6. The van der Waals surface area contributed by atoms with Gasteiger partial charge in [0.05, 0.1) is 58.1 Å². The predicted molar refractivity (Wildman–Crippen MR) is 303 cm³/mol. The van der Waals surface area contributed by atoms with Crippen LogP contribution in [0.5, 0.6) is 5.75 Å². The molecule has 0 radical (unpaired) electrons. The van der Waals surface area contributed by atoms with E-state index in [0.29, 0.717) is 5.56 Å². The maximum Gasteiger partial charge on any atom is 0.246 e. The molecule has 6 amide bonds. The number of nitrogens with one attached hydrogen (secondary N) is 7. The molecule has 6 aliphatic heterocycles. The van der Waals surface area contributed by atoms with Crippen molar-refractivity contribution in [1.82, 2.24) is 42.1 Å². The summed E-state index contributed by atoms with van der Waals surface area (Å²) in [7, 11) is 0. The van der Waals surface area contributed by atoms with Crippen molar-refractivity contribution < 1.29 is 124 Å². The Hall–Kier alpha value is -7.12. The standard InChI is InChI=1S/C54H78N12O25/c1-19(21-5-3-2-4-6-21)31-47(84)60-23(11-20-7-9-22(10-8-20)87-51-43(81)40(78)44(29(18-70)90-51)91-52-42(80)39(77)37(75)28(17-69)89-52)46(83)64-32(34(72)24-12-58-53(55)62-24)49(86)65-33(48(85)61-25(15-67)45(82)57-14-30(71)63-31)35(73)26-13-59-54(56)66(26)50-41(79)38(76)36(74)27(16-68)88-50/h2-10,19,23-29,31-44,50-52,67-70,72-81H,11-18H2,1H3,(H2,56,59)(H,57,82)(H,60,84)(H,61,85)(H,63,71)(H,64,83)(H,65,86)(H3,55,58,62)/t19?,23-,24?,25+,26?,27-,28-,29-,31-,32+,33-,34?,35?,36-,37-,38+,39+,40-,41+,42+,43+,44-,50+,51+,52-/m1/s1. The molecule has 0 spiro atoms. The quantitative estimate of drug-likeness (QED) is 0.0699. The van der Waals surface area contributed by atoms with Gasteiger partial charge in [0.1, 0.15) is 121 Å². The van der Waals surface area contributed by atoms with Gasteiger partial charge in [-0.3, -0.25) is 38.8 Å². The number of carbonyl (C=O) groups is 6. The number of aliphatic hydroxyl groups is 14. The van der Waals surface area contributed by atoms with Gasteiger partial charge >= 0.3 is 0 Å². The number of nitrogens with two attached hydrogens (primary N) is 2. The maximum absolute atomic E-state index is 15.1. The van der Waals surface area contributed by atoms with E-state index in [1.807, 2.05) is 0 Å². The zero-order chi connectivity index (χ0) is 66.3. The summed E-state index contributed by atoms with van der Waals surface area (Å²) in [6, 6.07) is 0.805. The van der Waals surface area contributed by atoms with Crippen LogP contribution in [0.1, 0.15) is 24.0 Å². The summed E-state index contributed by atoms with van der Waals surface area (Å²) in [6.07, 6.45) is -31.7. The fourth-order valence-corrected chi connectivity index (χ4v) is 11.2. The number of amides is 6. The fraction of sp³-hybridized carbons (Fsp3) is 0.630. The zero-order valence-electron chi connectivity index (χ0n) is 48.5. The van der Waals surface area contributed by atoms with E-state index in [1.54, 1.807) is 37.3 Å². The van der Waals surface area contributed by atoms with Crippen LogP contribution in [-0.4, -0.2) is 316 Å². The van der Waals surface area contributed by atoms with Gasteiger partial charge in [-0.15, -0.1) is 0 Å². The zero-order valence-corrected chi connectivity index (χ0v) is 48.5. The molecule has 37 nitrogen and oxygen atoms in total. The number of rotatable bonds is 17. The highest BCUT2D eigenvalue weighted by molar-refractivity contribution is 5.98. The molecule has 4 fully saturated rings. The molecule has 0 bridgehead atoms. The smallest absolute Gasteiger partial charge is 0.246 e. The van der Waals surface area contributed by atoms with E-state index in [9.17, 15) is 90.7 Å². The molecule has 25 N–H and O–H groups in total. The van der Waals surface area contributed by atoms with Gasteiger partial charge in [0.2, 0.25) is 41.7 Å². The Labute approximate surface area is 517 Å². The highest BCUT2D eigenvalue weighted by Gasteiger charge is 2.54. The monoisotopic (exact) mass is 1290 g/mol. The van der Waals surface area contributed by atoms with Crippen LogP contribution in [0.25, 0.3) is 0 Å². The first-order chi connectivity index (χ1) is 43.3. The van der Waals surface area contributed by atoms with Crippen LogP contribution < -0.4 is 53.4 Å². The predicted octanol–water partition coefficient (Wildman–Crippen LogP) is -13.6. The molecule has 504 valence electrons. The van der Waals surface area contributed by atoms with Crippen molar-refractivity contribution in [3.8, 4) is 5.75 Å². The Morgan fingerprint density at radius 3 is 1.77 bits per heavy atom. The molecule has 5 unspecified atom stereocenters. The molecule has 4 saturated heterocycles. The van der Waals surface area contributed by atoms with Crippen LogP contribution in [0.2, 0.25) is 0 Å². The Bertz CT molecular complexity index is 2900. The lowest BCUT2D eigenvalue weighted by atomic mass is 9.92. The molecule has 91 heavy (non-hydrogen) atoms. The van der Waals surface area contributed by atoms with E-state index < -0.39 is 240 Å². The largest absolute Gasteiger partial charge is 0.462 e. The van der Waals surface area contributed by atoms with E-state index in [-0.39, 0.29) is 23.8 Å². The molecule has 0 aromatic heterocycles. The second kappa shape index (κ2) is 30.5. The van der Waals surface area contributed by atoms with Gasteiger partial charge in [0.25, 0.3) is 0 Å². The first kappa shape index (κ1) is 69.8. The number of hydrogen-bond donors (Lipinski definition) is 23. The summed E-state index contributed by atoms with van der Waals surface area (Å²) >= 11 is 0. The van der Waals surface area contributed by atoms with Gasteiger partial charge in [-0.05, 0) is 23.3 Å². The summed E-state index contributed by atoms with van der Waals surface area (Å²) in [5.74, 6) is -9.00. The third-order valence-electron chi connectivity index (χ3n) is 16.5. The summed E-state index contributed by atoms with van der Waals surface area (Å²) in [4.78, 5) is 96.0. The average Bonchev–Trinajstić information content (AvgIpc) is 1.85. The molecular formula is C54H78N12O25. The van der Waals surface area contributed by atoms with Gasteiger partial charge < -0.3 is 149 Å². The van der Waals surface area contributed by atoms with E-state index in [0.717, 1.165) is 4.90 Å². The van der Waals surface area contributed by atoms with Gasteiger partial charge in [0, 0.05) is 12.3 Å². The first-order valence-corrected chi connectivity index (χ1v) is 28.9. The van der Waals surface area contributed by atoms with Crippen molar-refractivity contribution in [3.63, 3.8) is 0 Å². The van der Waals surface area contributed by atoms with Crippen LogP contribution in [0.15, 0.2) is 64.6 Å². The summed E-state index contributed by atoms with van der Waals surface area (Å²) in [5.41, 5.74) is 12.8. The number of ether oxygens (including phenoxy) is 5. The number of benzene rings is 2. The minimum atomic E-state index is -2.35. The number of aliphatic hydroxyl groups excluding tert-OH is 14. The third kappa shape index (κ3) is 15.7. The molecule has 25 atom stereocenters. The van der Waals surface area contributed by atoms with Crippen molar-refractivity contribution in [2.75, 3.05) is 46.1 Å². The molecule has 0 aliphatic carbocycles. The number of carbonyl (C=O) groups excluding carboxylic acids is 6. The number of hydrogen-bond acceptors (Lipinski definition) is 31. The van der Waals surface area contributed by atoms with Crippen LogP contribution in [0.3, 0.4) is 0 Å². The first-order valence-electron chi connectivity index (χ1n) is 28.9. The van der Waals surface area contributed by atoms with Gasteiger partial charge in [-0.25, -0.2) is 0 Å². The lowest BCUT2D eigenvalue weighted by Gasteiger charge is -2.46. The fourth-order valence-electron chi connectivity index (χ4n) is 11.2. The highest BCUT2D eigenvalue weighted by atomic mass is 16.7. The maximum atomic E-state index is 15.1. The van der Waals surface area contributed by atoms with Crippen LogP contribution in [0, 0.1) is 0 Å². The Kier molecular flexibility index (Phi) is 23.4. The Morgan fingerprint density at radius 2 is 1.14 bits per heavy atom. The molecule has 0 saturated carbocycles. The highest BCUT2D eigenvalue weighted by Crippen LogP contribution is 2.32. The SMILES string of the molecule is CC(c1ccccc1)[C@H]1NC(=O)CNC(=O)[C@H](CO)NC(=O)[C@@H](C(O)C2CN=C(N)N2[C@H]2O[C@H](CO)[C@@H](O)[C@H](O)[C@@H]2O)NC(=O)[C@H](C(O)C2CN=C(N)N2)NC(=O)[C@@H](Cc2ccc(O[C@H]3O[C@H](CO)[C@@H](O[C@H]4O[C@H](CO)[C@@H](O)[C@H](O)[C@@H]4O)[C@H](O)[C@@H]3O)cc2)NC1=O. The van der Waals surface area contributed by atoms with Crippen LogP contribution in [0.4, 0.5) is 0 Å². The van der Waals surface area contributed by atoms with Gasteiger partial charge in [-0.2, -0.15) is 0 Å².